The second-order valence-corrected chi connectivity index (χ2v) is 16.5. The SMILES string of the molecule is C.CNC(N)=S.COC(=O)C(C(=O)OC)c1ccccc1.Cn1c(O)c(-c2ccccc2)c(=O)[nH]c1=S.Cn1c(SCC(=O)c2ccccc2)nc(O)c(-c2ccccc2)c1=O.O=C(CBr)c1ccccc1. The van der Waals surface area contributed by atoms with Gasteiger partial charge in [0, 0.05) is 32.3 Å². The fourth-order valence-electron chi connectivity index (χ4n) is 5.82. The number of nitrogens with two attached hydrogens (primary N) is 1. The van der Waals surface area contributed by atoms with Gasteiger partial charge >= 0.3 is 11.9 Å². The Labute approximate surface area is 440 Å². The zero-order valence-corrected chi connectivity index (χ0v) is 43.1. The maximum absolute atomic E-state index is 12.6. The highest BCUT2D eigenvalue weighted by molar-refractivity contribution is 9.09. The Morgan fingerprint density at radius 1 is 0.722 bits per heavy atom. The number of nitrogens with one attached hydrogen (secondary N) is 2. The predicted molar refractivity (Wildman–Crippen MR) is 292 cm³/mol. The molecule has 2 aromatic heterocycles. The van der Waals surface area contributed by atoms with E-state index in [1.54, 1.807) is 124 Å². The molecule has 20 heteroatoms. The minimum atomic E-state index is -0.999. The molecular formula is C52H55BrN6O10S3. The van der Waals surface area contributed by atoms with Gasteiger partial charge in [-0.2, -0.15) is 4.98 Å². The quantitative estimate of drug-likeness (QED) is 0.0155. The highest BCUT2D eigenvalue weighted by atomic mass is 79.9. The van der Waals surface area contributed by atoms with Crippen molar-refractivity contribution in [3.8, 4) is 34.0 Å². The van der Waals surface area contributed by atoms with Crippen LogP contribution in [0.3, 0.4) is 0 Å². The fraction of sp³-hybridized carbons (Fsp3) is 0.173. The van der Waals surface area contributed by atoms with Gasteiger partial charge in [0.2, 0.25) is 11.8 Å². The number of alkyl halides is 1. The number of H-pyrrole nitrogens is 1. The summed E-state index contributed by atoms with van der Waals surface area (Å²) in [5.74, 6) is -2.49. The number of carbonyl (C=O) groups excluding carboxylic acids is 4. The molecule has 0 fully saturated rings. The highest BCUT2D eigenvalue weighted by Crippen LogP contribution is 2.27. The lowest BCUT2D eigenvalue weighted by atomic mass is 10.00. The van der Waals surface area contributed by atoms with E-state index in [9.17, 15) is 39.0 Å². The van der Waals surface area contributed by atoms with E-state index in [1.807, 2.05) is 48.5 Å². The number of Topliss-reactive ketones (excluding diaryl/α,β-unsaturated/α-hetero) is 2. The zero-order chi connectivity index (χ0) is 52.5. The maximum atomic E-state index is 12.6. The number of aromatic nitrogens is 4. The van der Waals surface area contributed by atoms with E-state index in [0.717, 1.165) is 17.3 Å². The number of rotatable bonds is 11. The molecule has 16 nitrogen and oxygen atoms in total. The van der Waals surface area contributed by atoms with Gasteiger partial charge in [0.1, 0.15) is 11.1 Å². The summed E-state index contributed by atoms with van der Waals surface area (Å²) in [5, 5.41) is 23.7. The lowest BCUT2D eigenvalue weighted by Gasteiger charge is -2.12. The van der Waals surface area contributed by atoms with Gasteiger partial charge in [-0.15, -0.1) is 0 Å². The number of hydrogen-bond donors (Lipinski definition) is 5. The van der Waals surface area contributed by atoms with Gasteiger partial charge in [0.25, 0.3) is 11.1 Å². The molecule has 0 saturated heterocycles. The molecule has 378 valence electrons. The van der Waals surface area contributed by atoms with E-state index in [1.165, 1.54) is 23.4 Å². The number of esters is 2. The topological polar surface area (TPSA) is 238 Å². The van der Waals surface area contributed by atoms with Crippen LogP contribution in [-0.2, 0) is 33.2 Å². The van der Waals surface area contributed by atoms with Crippen LogP contribution in [0.5, 0.6) is 11.8 Å². The molecule has 5 aromatic carbocycles. The van der Waals surface area contributed by atoms with Gasteiger partial charge in [0.05, 0.1) is 25.3 Å². The Morgan fingerprint density at radius 3 is 1.54 bits per heavy atom. The molecule has 0 radical (unpaired) electrons. The lowest BCUT2D eigenvalue weighted by molar-refractivity contribution is -0.154. The monoisotopic (exact) mass is 1100 g/mol. The van der Waals surface area contributed by atoms with Crippen LogP contribution in [-0.4, -0.2) is 90.3 Å². The number of aromatic amines is 1. The first-order chi connectivity index (χ1) is 34.0. The summed E-state index contributed by atoms with van der Waals surface area (Å²) >= 11 is 13.5. The molecule has 0 unspecified atom stereocenters. The van der Waals surface area contributed by atoms with Crippen molar-refractivity contribution >= 4 is 80.7 Å². The summed E-state index contributed by atoms with van der Waals surface area (Å²) in [4.78, 5) is 76.9. The van der Waals surface area contributed by atoms with Gasteiger partial charge < -0.3 is 30.7 Å². The Kier molecular flexibility index (Phi) is 26.6. The predicted octanol–water partition coefficient (Wildman–Crippen LogP) is 8.41. The van der Waals surface area contributed by atoms with Crippen LogP contribution in [0.1, 0.15) is 39.6 Å². The van der Waals surface area contributed by atoms with E-state index in [2.05, 4.69) is 52.9 Å². The lowest BCUT2D eigenvalue weighted by Crippen LogP contribution is -2.24. The number of hydrogen-bond acceptors (Lipinski definition) is 14. The normalized spacial score (nSPS) is 9.76. The van der Waals surface area contributed by atoms with Crippen LogP contribution in [0.15, 0.2) is 166 Å². The number of thioether (sulfide) groups is 1. The summed E-state index contributed by atoms with van der Waals surface area (Å²) < 4.78 is 12.0. The number of thiocarbonyl (C=S) groups is 1. The molecule has 72 heavy (non-hydrogen) atoms. The average molecular weight is 1100 g/mol. The van der Waals surface area contributed by atoms with E-state index < -0.39 is 17.9 Å². The van der Waals surface area contributed by atoms with Crippen LogP contribution < -0.4 is 22.2 Å². The molecule has 0 aliphatic heterocycles. The first-order valence-corrected chi connectivity index (χ1v) is 23.9. The van der Waals surface area contributed by atoms with Crippen LogP contribution in [0.25, 0.3) is 22.3 Å². The molecule has 0 aliphatic rings. The molecule has 0 amide bonds. The van der Waals surface area contributed by atoms with Crippen molar-refractivity contribution in [2.24, 2.45) is 19.8 Å². The van der Waals surface area contributed by atoms with Crippen molar-refractivity contribution in [1.82, 2.24) is 24.4 Å². The van der Waals surface area contributed by atoms with Gasteiger partial charge in [-0.25, -0.2) is 0 Å². The zero-order valence-electron chi connectivity index (χ0n) is 39.1. The molecule has 2 heterocycles. The van der Waals surface area contributed by atoms with Gasteiger partial charge in [-0.1, -0.05) is 187 Å². The van der Waals surface area contributed by atoms with Crippen molar-refractivity contribution < 1.29 is 38.9 Å². The molecular weight excluding hydrogens is 1040 g/mol. The number of ether oxygens (including phenoxy) is 2. The minimum Gasteiger partial charge on any atom is -0.494 e. The number of aromatic hydroxyl groups is 2. The minimum absolute atomic E-state index is 0. The molecule has 7 aromatic rings. The molecule has 7 rings (SSSR count). The Morgan fingerprint density at radius 2 is 1.12 bits per heavy atom. The van der Waals surface area contributed by atoms with Crippen molar-refractivity contribution in [1.29, 1.82) is 0 Å². The summed E-state index contributed by atoms with van der Waals surface area (Å²) in [6.07, 6.45) is 0. The van der Waals surface area contributed by atoms with Crippen molar-refractivity contribution in [2.45, 2.75) is 18.5 Å². The van der Waals surface area contributed by atoms with Crippen molar-refractivity contribution in [2.75, 3.05) is 32.4 Å². The number of benzene rings is 5. The second kappa shape index (κ2) is 31.7. The van der Waals surface area contributed by atoms with Crippen LogP contribution >= 0.6 is 52.1 Å². The summed E-state index contributed by atoms with van der Waals surface area (Å²) in [6.45, 7) is 0. The standard InChI is InChI=1S/C19H16N2O3S.C11H10N2O2S.C11H12O4.C8H7BrO.C2H6N2S.CH4/c1-21-18(24)16(14-10-6-3-7-11-14)17(23)20-19(21)25-12-15(22)13-8-4-2-5-9-13;1-13-10(15)8(9(14)12-11(13)16)7-5-3-2-4-6-7;1-14-10(12)9(11(13)15-2)8-6-4-3-5-7-8;9-6-8(10)7-4-2-1-3-5-7;1-4-2(3)5;/h2-11,23H,12H2,1H3;2-6,15H,1H3,(H,12,14,16);3-7,9H,1-2H3;1-5H,6H2;1H3,(H3,3,4,5);1H4. The number of halogens is 1. The summed E-state index contributed by atoms with van der Waals surface area (Å²) in [6, 6.07) is 44.6. The number of carbonyl (C=O) groups is 4. The molecule has 0 atom stereocenters. The number of ketones is 2. The molecule has 0 spiro atoms. The third-order valence-corrected chi connectivity index (χ3v) is 11.7. The largest absolute Gasteiger partial charge is 0.494 e. The molecule has 0 bridgehead atoms. The third kappa shape index (κ3) is 18.3. The fourth-order valence-corrected chi connectivity index (χ4v) is 7.18. The van der Waals surface area contributed by atoms with Crippen LogP contribution in [0, 0.1) is 4.77 Å². The van der Waals surface area contributed by atoms with Gasteiger partial charge in [0.15, 0.2) is 32.5 Å². The van der Waals surface area contributed by atoms with E-state index in [-0.39, 0.29) is 63.5 Å². The first kappa shape index (κ1) is 60.6. The summed E-state index contributed by atoms with van der Waals surface area (Å²) in [5.41, 5.74) is 7.76. The summed E-state index contributed by atoms with van der Waals surface area (Å²) in [7, 11) is 7.33. The Hall–Kier alpha value is -7.52. The molecule has 0 aliphatic carbocycles. The second-order valence-electron chi connectivity index (χ2n) is 14.2. The molecule has 6 N–H and O–H groups in total. The first-order valence-electron chi connectivity index (χ1n) is 21.0. The maximum Gasteiger partial charge on any atom is 0.324 e. The smallest absolute Gasteiger partial charge is 0.324 e. The Balaban J connectivity index is 0.000000331. The molecule has 0 saturated carbocycles. The van der Waals surface area contributed by atoms with Crippen LogP contribution in [0.4, 0.5) is 0 Å². The Bertz CT molecular complexity index is 3020. The van der Waals surface area contributed by atoms with Gasteiger partial charge in [-0.3, -0.25) is 42.9 Å². The number of nitrogens with zero attached hydrogens (tertiary/aromatic N) is 3. The third-order valence-electron chi connectivity index (χ3n) is 9.55. The van der Waals surface area contributed by atoms with E-state index >= 15 is 0 Å². The van der Waals surface area contributed by atoms with Crippen molar-refractivity contribution in [3.05, 3.63) is 194 Å². The van der Waals surface area contributed by atoms with Gasteiger partial charge in [-0.05, 0) is 41.1 Å². The van der Waals surface area contributed by atoms with Crippen LogP contribution in [0.2, 0.25) is 0 Å². The van der Waals surface area contributed by atoms with Crippen molar-refractivity contribution in [3.63, 3.8) is 0 Å². The average Bonchev–Trinajstić information content (AvgIpc) is 3.40. The van der Waals surface area contributed by atoms with E-state index in [4.69, 9.17) is 18.0 Å². The highest BCUT2D eigenvalue weighted by Gasteiger charge is 2.30. The van der Waals surface area contributed by atoms with E-state index in [0.29, 0.717) is 37.9 Å². The number of methoxy groups -OCH3 is 2.